The highest BCUT2D eigenvalue weighted by Gasteiger charge is 2.18. The van der Waals surface area contributed by atoms with Gasteiger partial charge in [-0.25, -0.2) is 4.79 Å². The molecule has 0 aromatic heterocycles. The van der Waals surface area contributed by atoms with Crippen LogP contribution < -0.4 is 0 Å². The second-order valence-corrected chi connectivity index (χ2v) is 2.55. The number of hydrogen-bond acceptors (Lipinski definition) is 3. The van der Waals surface area contributed by atoms with E-state index in [-0.39, 0.29) is 0 Å². The first-order valence-corrected chi connectivity index (χ1v) is 4.13. The van der Waals surface area contributed by atoms with Crippen molar-refractivity contribution in [1.82, 2.24) is 4.90 Å². The quantitative estimate of drug-likeness (QED) is 0.636. The lowest BCUT2D eigenvalue weighted by molar-refractivity contribution is -0.149. The van der Waals surface area contributed by atoms with E-state index in [1.165, 1.54) is 7.11 Å². The van der Waals surface area contributed by atoms with Gasteiger partial charge in [-0.3, -0.25) is 0 Å². The first-order valence-electron chi connectivity index (χ1n) is 4.13. The molecule has 0 bridgehead atoms. The lowest BCUT2D eigenvalue weighted by Gasteiger charge is -2.21. The van der Waals surface area contributed by atoms with Crippen molar-refractivity contribution in [2.45, 2.75) is 20.0 Å². The molecule has 0 saturated heterocycles. The highest BCUT2D eigenvalue weighted by molar-refractivity contribution is 5.72. The number of carboxylic acids is 1. The molecular weight excluding hydrogens is 158 g/mol. The van der Waals surface area contributed by atoms with Crippen molar-refractivity contribution in [2.24, 2.45) is 0 Å². The van der Waals surface area contributed by atoms with Gasteiger partial charge in [-0.1, -0.05) is 13.8 Å². The predicted molar refractivity (Wildman–Crippen MR) is 46.2 cm³/mol. The zero-order chi connectivity index (χ0) is 9.56. The molecule has 12 heavy (non-hydrogen) atoms. The van der Waals surface area contributed by atoms with Crippen LogP contribution in [0.15, 0.2) is 0 Å². The van der Waals surface area contributed by atoms with Gasteiger partial charge in [0.25, 0.3) is 0 Å². The average molecular weight is 175 g/mol. The Hall–Kier alpha value is -0.610. The van der Waals surface area contributed by atoms with Gasteiger partial charge in [0, 0.05) is 13.7 Å². The number of likely N-dealkylation sites (N-methyl/N-ethyl adjacent to an activating group) is 1. The maximum atomic E-state index is 10.5. The van der Waals surface area contributed by atoms with Gasteiger partial charge in [0.2, 0.25) is 0 Å². The predicted octanol–water partition coefficient (Wildman–Crippen LogP) is 0.428. The van der Waals surface area contributed by atoms with E-state index in [1.807, 2.05) is 18.7 Å². The maximum Gasteiger partial charge on any atom is 0.334 e. The molecule has 0 aliphatic rings. The maximum absolute atomic E-state index is 10.5. The Morgan fingerprint density at radius 1 is 1.50 bits per heavy atom. The summed E-state index contributed by atoms with van der Waals surface area (Å²) in [6, 6.07) is 0. The molecule has 0 aliphatic carbocycles. The van der Waals surface area contributed by atoms with Crippen molar-refractivity contribution in [1.29, 1.82) is 0 Å². The third kappa shape index (κ3) is 3.69. The van der Waals surface area contributed by atoms with E-state index >= 15 is 0 Å². The molecule has 0 saturated carbocycles. The van der Waals surface area contributed by atoms with Crippen molar-refractivity contribution in [3.63, 3.8) is 0 Å². The monoisotopic (exact) mass is 175 g/mol. The smallest absolute Gasteiger partial charge is 0.334 e. The molecule has 72 valence electrons. The van der Waals surface area contributed by atoms with Gasteiger partial charge in [-0.15, -0.1) is 0 Å². The molecule has 1 atom stereocenters. The second-order valence-electron chi connectivity index (χ2n) is 2.55. The van der Waals surface area contributed by atoms with E-state index in [2.05, 4.69) is 0 Å². The minimum absolute atomic E-state index is 0.457. The second kappa shape index (κ2) is 5.97. The standard InChI is InChI=1S/C8H17NO3/c1-4-9(5-2)6-7(12-3)8(10)11/h7H,4-6H2,1-3H3,(H,10,11). The fourth-order valence-electron chi connectivity index (χ4n) is 0.970. The van der Waals surface area contributed by atoms with Gasteiger partial charge in [-0.05, 0) is 13.1 Å². The molecule has 0 fully saturated rings. The van der Waals surface area contributed by atoms with Crippen molar-refractivity contribution in [2.75, 3.05) is 26.7 Å². The molecule has 0 amide bonds. The Kier molecular flexibility index (Phi) is 5.66. The topological polar surface area (TPSA) is 49.8 Å². The van der Waals surface area contributed by atoms with E-state index in [9.17, 15) is 4.79 Å². The van der Waals surface area contributed by atoms with Crippen LogP contribution in [0.1, 0.15) is 13.8 Å². The van der Waals surface area contributed by atoms with Crippen LogP contribution in [-0.2, 0) is 9.53 Å². The zero-order valence-electron chi connectivity index (χ0n) is 7.91. The van der Waals surface area contributed by atoms with Crippen molar-refractivity contribution in [3.8, 4) is 0 Å². The summed E-state index contributed by atoms with van der Waals surface area (Å²) in [6.07, 6.45) is -0.704. The number of ether oxygens (including phenoxy) is 1. The summed E-state index contributed by atoms with van der Waals surface area (Å²) in [6.45, 7) is 6.16. The summed E-state index contributed by atoms with van der Waals surface area (Å²) in [5.41, 5.74) is 0. The number of nitrogens with zero attached hydrogens (tertiary/aromatic N) is 1. The molecule has 0 heterocycles. The number of hydrogen-bond donors (Lipinski definition) is 1. The van der Waals surface area contributed by atoms with Crippen LogP contribution in [0.4, 0.5) is 0 Å². The molecule has 0 aromatic carbocycles. The first kappa shape index (κ1) is 11.4. The van der Waals surface area contributed by atoms with Crippen molar-refractivity contribution in [3.05, 3.63) is 0 Å². The Morgan fingerprint density at radius 2 is 2.00 bits per heavy atom. The summed E-state index contributed by atoms with van der Waals surface area (Å²) in [5.74, 6) is -0.899. The molecule has 0 spiro atoms. The largest absolute Gasteiger partial charge is 0.479 e. The Bertz CT molecular complexity index is 134. The minimum atomic E-state index is -0.899. The summed E-state index contributed by atoms with van der Waals surface area (Å²) >= 11 is 0. The van der Waals surface area contributed by atoms with E-state index in [0.29, 0.717) is 6.54 Å². The summed E-state index contributed by atoms with van der Waals surface area (Å²) in [5, 5.41) is 8.66. The van der Waals surface area contributed by atoms with Crippen LogP contribution in [0.3, 0.4) is 0 Å². The molecule has 0 radical (unpaired) electrons. The van der Waals surface area contributed by atoms with Crippen LogP contribution in [0.25, 0.3) is 0 Å². The first-order chi connectivity index (χ1) is 5.65. The van der Waals surface area contributed by atoms with Crippen LogP contribution in [-0.4, -0.2) is 48.8 Å². The lowest BCUT2D eigenvalue weighted by atomic mass is 10.3. The van der Waals surface area contributed by atoms with Gasteiger partial charge in [0.05, 0.1) is 0 Å². The Morgan fingerprint density at radius 3 is 2.25 bits per heavy atom. The Labute approximate surface area is 73.1 Å². The van der Waals surface area contributed by atoms with Crippen LogP contribution in [0.2, 0.25) is 0 Å². The highest BCUT2D eigenvalue weighted by Crippen LogP contribution is 1.95. The van der Waals surface area contributed by atoms with Crippen LogP contribution in [0, 0.1) is 0 Å². The van der Waals surface area contributed by atoms with E-state index in [4.69, 9.17) is 9.84 Å². The van der Waals surface area contributed by atoms with E-state index < -0.39 is 12.1 Å². The molecule has 0 aromatic rings. The highest BCUT2D eigenvalue weighted by atomic mass is 16.5. The number of carboxylic acid groups (broad SMARTS) is 1. The van der Waals surface area contributed by atoms with Gasteiger partial charge in [-0.2, -0.15) is 0 Å². The zero-order valence-corrected chi connectivity index (χ0v) is 7.91. The summed E-state index contributed by atoms with van der Waals surface area (Å²) < 4.78 is 4.80. The molecule has 0 aliphatic heterocycles. The molecule has 1 N–H and O–H groups in total. The normalized spacial score (nSPS) is 13.3. The third-order valence-corrected chi connectivity index (χ3v) is 1.88. The number of methoxy groups -OCH3 is 1. The minimum Gasteiger partial charge on any atom is -0.479 e. The van der Waals surface area contributed by atoms with E-state index in [1.54, 1.807) is 0 Å². The average Bonchev–Trinajstić information content (AvgIpc) is 2.06. The Balaban J connectivity index is 3.91. The van der Waals surface area contributed by atoms with Crippen LogP contribution in [0.5, 0.6) is 0 Å². The molecular formula is C8H17NO3. The SMILES string of the molecule is CCN(CC)CC(OC)C(=O)O. The van der Waals surface area contributed by atoms with Gasteiger partial charge >= 0.3 is 5.97 Å². The van der Waals surface area contributed by atoms with Gasteiger partial charge < -0.3 is 14.7 Å². The third-order valence-electron chi connectivity index (χ3n) is 1.88. The number of carbonyl (C=O) groups is 1. The molecule has 4 nitrogen and oxygen atoms in total. The fraction of sp³-hybridized carbons (Fsp3) is 0.875. The van der Waals surface area contributed by atoms with Crippen molar-refractivity contribution >= 4 is 5.97 Å². The molecule has 1 unspecified atom stereocenters. The fourth-order valence-corrected chi connectivity index (χ4v) is 0.970. The number of rotatable bonds is 6. The summed E-state index contributed by atoms with van der Waals surface area (Å²) in [7, 11) is 1.42. The van der Waals surface area contributed by atoms with Gasteiger partial charge in [0.15, 0.2) is 6.10 Å². The van der Waals surface area contributed by atoms with Crippen LogP contribution >= 0.6 is 0 Å². The lowest BCUT2D eigenvalue weighted by Crippen LogP contribution is -2.37. The number of aliphatic carboxylic acids is 1. The summed E-state index contributed by atoms with van der Waals surface area (Å²) in [4.78, 5) is 12.6. The van der Waals surface area contributed by atoms with Gasteiger partial charge in [0.1, 0.15) is 0 Å². The van der Waals surface area contributed by atoms with E-state index in [0.717, 1.165) is 13.1 Å². The molecule has 0 rings (SSSR count). The molecule has 4 heteroatoms. The van der Waals surface area contributed by atoms with Crippen molar-refractivity contribution < 1.29 is 14.6 Å².